The average Bonchev–Trinajstić information content (AvgIpc) is 2.76. The number of alkyl halides is 6. The van der Waals surface area contributed by atoms with Crippen LogP contribution in [0, 0.1) is 11.7 Å². The molecular weight excluding hydrogens is 467 g/mol. The Morgan fingerprint density at radius 2 is 1.74 bits per heavy atom. The lowest BCUT2D eigenvalue weighted by Crippen LogP contribution is -2.35. The highest BCUT2D eigenvalue weighted by molar-refractivity contribution is 5.83. The van der Waals surface area contributed by atoms with Crippen LogP contribution in [0.3, 0.4) is 0 Å². The third-order valence-electron chi connectivity index (χ3n) is 5.97. The Kier molecular flexibility index (Phi) is 7.42. The van der Waals surface area contributed by atoms with Crippen LogP contribution in [0.1, 0.15) is 55.0 Å². The molecule has 186 valence electrons. The number of piperidine rings is 1. The maximum absolute atomic E-state index is 13.5. The number of anilines is 1. The number of pyridine rings is 1. The van der Waals surface area contributed by atoms with Gasteiger partial charge in [0, 0.05) is 25.2 Å². The molecular formula is C23H24F7N3O. The number of carbonyl (C=O) groups is 1. The van der Waals surface area contributed by atoms with E-state index in [1.165, 1.54) is 13.0 Å². The zero-order chi connectivity index (χ0) is 25.3. The smallest absolute Gasteiger partial charge is 0.356 e. The fourth-order valence-corrected chi connectivity index (χ4v) is 3.78. The van der Waals surface area contributed by atoms with Gasteiger partial charge in [-0.25, -0.2) is 9.37 Å². The number of carbonyl (C=O) groups excluding carboxylic acids is 1. The second-order valence-electron chi connectivity index (χ2n) is 8.52. The van der Waals surface area contributed by atoms with Crippen LogP contribution in [0.25, 0.3) is 0 Å². The van der Waals surface area contributed by atoms with Gasteiger partial charge < -0.3 is 10.2 Å². The van der Waals surface area contributed by atoms with E-state index in [9.17, 15) is 35.5 Å². The van der Waals surface area contributed by atoms with Crippen molar-refractivity contribution >= 4 is 11.7 Å². The van der Waals surface area contributed by atoms with Crippen LogP contribution in [0.2, 0.25) is 0 Å². The highest BCUT2D eigenvalue weighted by Gasteiger charge is 2.35. The van der Waals surface area contributed by atoms with Gasteiger partial charge in [0.1, 0.15) is 17.3 Å². The molecule has 1 amide bonds. The van der Waals surface area contributed by atoms with Gasteiger partial charge in [0.15, 0.2) is 0 Å². The second kappa shape index (κ2) is 9.79. The molecule has 0 spiro atoms. The number of aromatic nitrogens is 1. The first-order valence-electron chi connectivity index (χ1n) is 10.7. The van der Waals surface area contributed by atoms with E-state index in [0.717, 1.165) is 25.0 Å². The summed E-state index contributed by atoms with van der Waals surface area (Å²) in [6.45, 7) is 4.29. The monoisotopic (exact) mass is 491 g/mol. The van der Waals surface area contributed by atoms with Gasteiger partial charge >= 0.3 is 12.4 Å². The minimum Gasteiger partial charge on any atom is -0.356 e. The highest BCUT2D eigenvalue weighted by atomic mass is 19.4. The Hall–Kier alpha value is -2.85. The summed E-state index contributed by atoms with van der Waals surface area (Å²) in [5.41, 5.74) is -2.20. The van der Waals surface area contributed by atoms with Gasteiger partial charge in [0.25, 0.3) is 0 Å². The summed E-state index contributed by atoms with van der Waals surface area (Å²) < 4.78 is 92.2. The van der Waals surface area contributed by atoms with Gasteiger partial charge in [-0.2, -0.15) is 26.3 Å². The van der Waals surface area contributed by atoms with Crippen molar-refractivity contribution in [2.45, 2.75) is 51.5 Å². The molecule has 0 radical (unpaired) electrons. The summed E-state index contributed by atoms with van der Waals surface area (Å²) in [6, 6.07) is 4.40. The fraction of sp³-hybridized carbons (Fsp3) is 0.478. The van der Waals surface area contributed by atoms with E-state index < -0.39 is 41.3 Å². The van der Waals surface area contributed by atoms with E-state index in [0.29, 0.717) is 36.7 Å². The van der Waals surface area contributed by atoms with Crippen LogP contribution >= 0.6 is 0 Å². The molecule has 11 heteroatoms. The van der Waals surface area contributed by atoms with Crippen LogP contribution in [-0.2, 0) is 23.7 Å². The highest BCUT2D eigenvalue weighted by Crippen LogP contribution is 2.34. The summed E-state index contributed by atoms with van der Waals surface area (Å²) in [6.07, 6.45) is -7.98. The topological polar surface area (TPSA) is 45.2 Å². The number of benzene rings is 1. The fourth-order valence-electron chi connectivity index (χ4n) is 3.78. The summed E-state index contributed by atoms with van der Waals surface area (Å²) in [5, 5.41) is 2.55. The van der Waals surface area contributed by atoms with Crippen molar-refractivity contribution in [2.24, 2.45) is 5.92 Å². The average molecular weight is 491 g/mol. The van der Waals surface area contributed by atoms with Gasteiger partial charge in [-0.15, -0.1) is 0 Å². The van der Waals surface area contributed by atoms with Crippen molar-refractivity contribution < 1.29 is 35.5 Å². The lowest BCUT2D eigenvalue weighted by molar-refractivity contribution is -0.141. The van der Waals surface area contributed by atoms with Gasteiger partial charge in [-0.3, -0.25) is 4.79 Å². The minimum absolute atomic E-state index is 0.0398. The Labute approximate surface area is 192 Å². The summed E-state index contributed by atoms with van der Waals surface area (Å²) >= 11 is 0. The molecule has 0 aliphatic carbocycles. The van der Waals surface area contributed by atoms with Gasteiger partial charge in [-0.1, -0.05) is 19.1 Å². The number of rotatable bonds is 5. The van der Waals surface area contributed by atoms with E-state index in [-0.39, 0.29) is 17.9 Å². The van der Waals surface area contributed by atoms with E-state index >= 15 is 0 Å². The van der Waals surface area contributed by atoms with E-state index in [4.69, 9.17) is 0 Å². The first-order chi connectivity index (χ1) is 15.8. The molecule has 1 aliphatic rings. The standard InChI is InChI=1S/C23H24F7N3O/c1-13-7-9-33(10-8-13)20-16(4-6-19(32-20)23(28,29)30)12-31-21(34)14(2)15-3-5-18(24)17(11-15)22(25,26)27/h3-6,11,13-14H,7-10,12H2,1-2H3,(H,31,34). The van der Waals surface area contributed by atoms with Gasteiger partial charge in [-0.05, 0) is 49.4 Å². The van der Waals surface area contributed by atoms with Crippen molar-refractivity contribution in [1.82, 2.24) is 10.3 Å². The molecule has 0 bridgehead atoms. The molecule has 4 nitrogen and oxygen atoms in total. The molecule has 3 rings (SSSR count). The molecule has 1 fully saturated rings. The Balaban J connectivity index is 1.79. The lowest BCUT2D eigenvalue weighted by atomic mass is 9.97. The van der Waals surface area contributed by atoms with E-state index in [1.54, 1.807) is 4.90 Å². The summed E-state index contributed by atoms with van der Waals surface area (Å²) in [4.78, 5) is 18.2. The number of hydrogen-bond donors (Lipinski definition) is 1. The van der Waals surface area contributed by atoms with Crippen LogP contribution < -0.4 is 10.2 Å². The number of nitrogens with zero attached hydrogens (tertiary/aromatic N) is 2. The largest absolute Gasteiger partial charge is 0.433 e. The summed E-state index contributed by atoms with van der Waals surface area (Å²) in [7, 11) is 0. The van der Waals surface area contributed by atoms with Crippen LogP contribution in [0.15, 0.2) is 30.3 Å². The van der Waals surface area contributed by atoms with Crippen LogP contribution in [0.4, 0.5) is 36.6 Å². The van der Waals surface area contributed by atoms with Crippen molar-refractivity contribution in [3.05, 3.63) is 58.5 Å². The maximum atomic E-state index is 13.5. The zero-order valence-corrected chi connectivity index (χ0v) is 18.5. The Morgan fingerprint density at radius 3 is 2.32 bits per heavy atom. The number of hydrogen-bond acceptors (Lipinski definition) is 3. The molecule has 0 saturated carbocycles. The molecule has 34 heavy (non-hydrogen) atoms. The molecule has 1 atom stereocenters. The molecule has 1 aromatic heterocycles. The number of amides is 1. The second-order valence-corrected chi connectivity index (χ2v) is 8.52. The molecule has 1 saturated heterocycles. The maximum Gasteiger partial charge on any atom is 0.433 e. The van der Waals surface area contributed by atoms with Crippen molar-refractivity contribution in [3.63, 3.8) is 0 Å². The van der Waals surface area contributed by atoms with E-state index in [1.807, 2.05) is 0 Å². The minimum atomic E-state index is -4.91. The van der Waals surface area contributed by atoms with Gasteiger partial charge in [0.2, 0.25) is 5.91 Å². The molecule has 2 aromatic rings. The zero-order valence-electron chi connectivity index (χ0n) is 18.5. The molecule has 1 aromatic carbocycles. The third kappa shape index (κ3) is 5.98. The van der Waals surface area contributed by atoms with E-state index in [2.05, 4.69) is 17.2 Å². The van der Waals surface area contributed by atoms with Crippen molar-refractivity contribution in [3.8, 4) is 0 Å². The van der Waals surface area contributed by atoms with Crippen molar-refractivity contribution in [2.75, 3.05) is 18.0 Å². The predicted molar refractivity (Wildman–Crippen MR) is 112 cm³/mol. The Bertz CT molecular complexity index is 1030. The van der Waals surface area contributed by atoms with Crippen LogP contribution in [0.5, 0.6) is 0 Å². The van der Waals surface area contributed by atoms with Crippen molar-refractivity contribution in [1.29, 1.82) is 0 Å². The predicted octanol–water partition coefficient (Wildman–Crippen LogP) is 5.91. The Morgan fingerprint density at radius 1 is 1.09 bits per heavy atom. The quantitative estimate of drug-likeness (QED) is 0.529. The molecule has 1 N–H and O–H groups in total. The lowest BCUT2D eigenvalue weighted by Gasteiger charge is -2.33. The SMILES string of the molecule is CC1CCN(c2nc(C(F)(F)F)ccc2CNC(=O)C(C)c2ccc(F)c(C(F)(F)F)c2)CC1. The number of halogens is 7. The molecule has 1 unspecified atom stereocenters. The first-order valence-corrected chi connectivity index (χ1v) is 10.7. The third-order valence-corrected chi connectivity index (χ3v) is 5.97. The normalized spacial score (nSPS) is 16.4. The molecule has 1 aliphatic heterocycles. The molecule has 2 heterocycles. The number of nitrogens with one attached hydrogen (secondary N) is 1. The van der Waals surface area contributed by atoms with Crippen LogP contribution in [-0.4, -0.2) is 24.0 Å². The first kappa shape index (κ1) is 25.8. The van der Waals surface area contributed by atoms with Gasteiger partial charge in [0.05, 0.1) is 11.5 Å². The summed E-state index contributed by atoms with van der Waals surface area (Å²) in [5.74, 6) is -2.60.